The first kappa shape index (κ1) is 26.8. The van der Waals surface area contributed by atoms with Crippen LogP contribution in [-0.2, 0) is 12.4 Å². The van der Waals surface area contributed by atoms with Crippen LogP contribution in [0.15, 0.2) is 55.0 Å². The van der Waals surface area contributed by atoms with Gasteiger partial charge in [-0.2, -0.15) is 41.2 Å². The van der Waals surface area contributed by atoms with E-state index in [4.69, 9.17) is 0 Å². The molecule has 0 spiro atoms. The molecule has 5 aromatic rings. The highest BCUT2D eigenvalue weighted by molar-refractivity contribution is 6.04. The highest BCUT2D eigenvalue weighted by Crippen LogP contribution is 2.36. The van der Waals surface area contributed by atoms with E-state index in [9.17, 15) is 31.1 Å². The third-order valence-electron chi connectivity index (χ3n) is 6.27. The van der Waals surface area contributed by atoms with Gasteiger partial charge in [0.05, 0.1) is 34.1 Å². The molecule has 5 rings (SSSR count). The smallest absolute Gasteiger partial charge is 0.306 e. The number of rotatable bonds is 4. The van der Waals surface area contributed by atoms with Crippen molar-refractivity contribution in [2.45, 2.75) is 33.1 Å². The van der Waals surface area contributed by atoms with Gasteiger partial charge in [-0.05, 0) is 56.2 Å². The fraction of sp³-hybridized carbons (Fsp3) is 0.192. The van der Waals surface area contributed by atoms with E-state index in [1.807, 2.05) is 32.0 Å². The van der Waals surface area contributed by atoms with E-state index < -0.39 is 35.0 Å². The van der Waals surface area contributed by atoms with E-state index in [0.717, 1.165) is 16.8 Å². The number of aromatic nitrogens is 6. The molecule has 3 heterocycles. The molecular weight excluding hydrogens is 540 g/mol. The Bertz CT molecular complexity index is 1740. The summed E-state index contributed by atoms with van der Waals surface area (Å²) in [5, 5.41) is 11.5. The van der Waals surface area contributed by atoms with Gasteiger partial charge in [0.2, 0.25) is 0 Å². The quantitative estimate of drug-likeness (QED) is 0.264. The molecule has 0 atom stereocenters. The molecule has 0 bridgehead atoms. The molecule has 40 heavy (non-hydrogen) atoms. The number of fused-ring (bicyclic) bond motifs is 1. The summed E-state index contributed by atoms with van der Waals surface area (Å²) in [6.45, 7) is 5.48. The molecular formula is C26H19F6N7O. The number of hydrogen-bond acceptors (Lipinski definition) is 5. The van der Waals surface area contributed by atoms with Crippen molar-refractivity contribution in [3.8, 4) is 11.5 Å². The second-order valence-corrected chi connectivity index (χ2v) is 9.04. The van der Waals surface area contributed by atoms with Crippen molar-refractivity contribution in [1.29, 1.82) is 0 Å². The summed E-state index contributed by atoms with van der Waals surface area (Å²) in [7, 11) is 0. The van der Waals surface area contributed by atoms with Gasteiger partial charge >= 0.3 is 12.4 Å². The number of amides is 1. The van der Waals surface area contributed by atoms with Crippen molar-refractivity contribution >= 4 is 22.8 Å². The van der Waals surface area contributed by atoms with Crippen molar-refractivity contribution in [2.75, 3.05) is 5.32 Å². The average Bonchev–Trinajstić information content (AvgIpc) is 3.47. The Balaban J connectivity index is 1.57. The highest BCUT2D eigenvalue weighted by atomic mass is 19.4. The van der Waals surface area contributed by atoms with Crippen molar-refractivity contribution < 1.29 is 31.1 Å². The van der Waals surface area contributed by atoms with E-state index in [1.165, 1.54) is 23.3 Å². The van der Waals surface area contributed by atoms with Crippen LogP contribution >= 0.6 is 0 Å². The van der Waals surface area contributed by atoms with Crippen LogP contribution < -0.4 is 5.32 Å². The van der Waals surface area contributed by atoms with Gasteiger partial charge in [0.15, 0.2) is 11.5 Å². The maximum atomic E-state index is 13.3. The number of nitrogens with zero attached hydrogens (tertiary/aromatic N) is 6. The fourth-order valence-electron chi connectivity index (χ4n) is 4.17. The van der Waals surface area contributed by atoms with Crippen LogP contribution in [-0.4, -0.2) is 35.4 Å². The maximum Gasteiger partial charge on any atom is 0.416 e. The lowest BCUT2D eigenvalue weighted by atomic mass is 10.0. The van der Waals surface area contributed by atoms with Gasteiger partial charge in [-0.3, -0.25) is 4.79 Å². The summed E-state index contributed by atoms with van der Waals surface area (Å²) in [6, 6.07) is 7.76. The summed E-state index contributed by atoms with van der Waals surface area (Å²) >= 11 is 0. The Labute approximate surface area is 222 Å². The minimum Gasteiger partial charge on any atom is -0.306 e. The van der Waals surface area contributed by atoms with Crippen LogP contribution in [0.1, 0.15) is 38.3 Å². The van der Waals surface area contributed by atoms with Crippen LogP contribution in [0.25, 0.3) is 22.5 Å². The van der Waals surface area contributed by atoms with Gasteiger partial charge in [-0.15, -0.1) is 0 Å². The Morgan fingerprint density at radius 2 is 1.55 bits per heavy atom. The molecule has 0 aliphatic heterocycles. The largest absolute Gasteiger partial charge is 0.416 e. The molecule has 206 valence electrons. The van der Waals surface area contributed by atoms with Gasteiger partial charge in [0, 0.05) is 11.6 Å². The summed E-state index contributed by atoms with van der Waals surface area (Å²) in [6.07, 6.45) is -7.45. The number of aryl methyl sites for hydroxylation is 2. The third-order valence-corrected chi connectivity index (χ3v) is 6.27. The first-order valence-electron chi connectivity index (χ1n) is 11.7. The number of halogens is 6. The topological polar surface area (TPSA) is 90.5 Å². The van der Waals surface area contributed by atoms with E-state index in [2.05, 4.69) is 25.5 Å². The van der Waals surface area contributed by atoms with Gasteiger partial charge in [-0.25, -0.2) is 14.6 Å². The molecule has 0 aliphatic carbocycles. The zero-order chi connectivity index (χ0) is 29.0. The van der Waals surface area contributed by atoms with Gasteiger partial charge in [-0.1, -0.05) is 12.1 Å². The van der Waals surface area contributed by atoms with Crippen LogP contribution in [0.2, 0.25) is 0 Å². The van der Waals surface area contributed by atoms with Crippen LogP contribution in [0.3, 0.4) is 0 Å². The first-order chi connectivity index (χ1) is 18.7. The molecule has 0 aliphatic rings. The number of nitrogens with one attached hydrogen (secondary N) is 1. The summed E-state index contributed by atoms with van der Waals surface area (Å²) in [5.41, 5.74) is -0.456. The third kappa shape index (κ3) is 4.87. The Hall–Kier alpha value is -4.75. The van der Waals surface area contributed by atoms with E-state index >= 15 is 0 Å². The number of carbonyl (C=O) groups is 1. The molecule has 0 saturated carbocycles. The summed E-state index contributed by atoms with van der Waals surface area (Å²) < 4.78 is 82.6. The molecule has 14 heteroatoms. The molecule has 2 aromatic carbocycles. The molecule has 8 nitrogen and oxygen atoms in total. The van der Waals surface area contributed by atoms with Crippen molar-refractivity contribution in [3.05, 3.63) is 88.5 Å². The van der Waals surface area contributed by atoms with Gasteiger partial charge < -0.3 is 5.32 Å². The number of benzene rings is 2. The van der Waals surface area contributed by atoms with E-state index in [0.29, 0.717) is 28.9 Å². The average molecular weight is 559 g/mol. The van der Waals surface area contributed by atoms with Crippen molar-refractivity contribution in [1.82, 2.24) is 29.5 Å². The van der Waals surface area contributed by atoms with Crippen LogP contribution in [0.5, 0.6) is 0 Å². The monoisotopic (exact) mass is 559 g/mol. The summed E-state index contributed by atoms with van der Waals surface area (Å²) in [5.74, 6) is -1.05. The highest BCUT2D eigenvalue weighted by Gasteiger charge is 2.37. The minimum absolute atomic E-state index is 0.0343. The van der Waals surface area contributed by atoms with Crippen molar-refractivity contribution in [2.24, 2.45) is 0 Å². The summed E-state index contributed by atoms with van der Waals surface area (Å²) in [4.78, 5) is 21.5. The van der Waals surface area contributed by atoms with E-state index in [-0.39, 0.29) is 17.7 Å². The van der Waals surface area contributed by atoms with E-state index in [1.54, 1.807) is 11.6 Å². The first-order valence-corrected chi connectivity index (χ1v) is 11.7. The second-order valence-electron chi connectivity index (χ2n) is 9.04. The molecule has 0 unspecified atom stereocenters. The zero-order valence-electron chi connectivity index (χ0n) is 21.1. The maximum absolute atomic E-state index is 13.3. The Kier molecular flexibility index (Phi) is 6.35. The van der Waals surface area contributed by atoms with Gasteiger partial charge in [0.25, 0.3) is 5.91 Å². The number of anilines is 1. The fourth-order valence-corrected chi connectivity index (χ4v) is 4.17. The van der Waals surface area contributed by atoms with Crippen molar-refractivity contribution in [3.63, 3.8) is 0 Å². The number of alkyl halides is 6. The van der Waals surface area contributed by atoms with Gasteiger partial charge in [0.1, 0.15) is 12.1 Å². The molecule has 0 saturated heterocycles. The molecule has 0 fully saturated rings. The molecule has 0 radical (unpaired) electrons. The Morgan fingerprint density at radius 3 is 2.20 bits per heavy atom. The number of carbonyl (C=O) groups excluding carboxylic acids is 1. The lowest BCUT2D eigenvalue weighted by Crippen LogP contribution is -2.19. The molecule has 3 aromatic heterocycles. The second kappa shape index (κ2) is 9.47. The standard InChI is InChI=1S/C26H19F6N7O/c1-13-5-4-6-20(15(13)3)38-22-19(11-35-38)23(34-12-33-22)39-21(7-14(2)37-39)36-24(40)16-8-17(25(27,28)29)10-18(9-16)26(30,31)32/h4-12H,1-3H3,(H,36,40). The Morgan fingerprint density at radius 1 is 0.875 bits per heavy atom. The number of hydrogen-bond donors (Lipinski definition) is 1. The molecule has 1 N–H and O–H groups in total. The predicted molar refractivity (Wildman–Crippen MR) is 132 cm³/mol. The lowest BCUT2D eigenvalue weighted by Gasteiger charge is -2.14. The SMILES string of the molecule is Cc1cc(NC(=O)c2cc(C(F)(F)F)cc(C(F)(F)F)c2)n(-c2ncnc3c2cnn3-c2cccc(C)c2C)n1. The lowest BCUT2D eigenvalue weighted by molar-refractivity contribution is -0.143. The van der Waals surface area contributed by atoms with Crippen LogP contribution in [0, 0.1) is 20.8 Å². The zero-order valence-corrected chi connectivity index (χ0v) is 21.1. The molecule has 1 amide bonds. The minimum atomic E-state index is -5.10. The predicted octanol–water partition coefficient (Wildman–Crippen LogP) is 6.22. The van der Waals surface area contributed by atoms with Crippen LogP contribution in [0.4, 0.5) is 32.2 Å². The normalized spacial score (nSPS) is 12.2.